The third-order valence-electron chi connectivity index (χ3n) is 8.02. The van der Waals surface area contributed by atoms with Crippen LogP contribution in [0.5, 0.6) is 0 Å². The van der Waals surface area contributed by atoms with Crippen molar-refractivity contribution in [3.8, 4) is 12.3 Å². The highest BCUT2D eigenvalue weighted by Gasteiger charge is 2.62. The molecule has 0 aromatic rings. The molecule has 0 aromatic carbocycles. The van der Waals surface area contributed by atoms with E-state index in [1.807, 2.05) is 11.1 Å². The maximum Gasteiger partial charge on any atom is 0.130 e. The topological polar surface area (TPSA) is 20.2 Å². The summed E-state index contributed by atoms with van der Waals surface area (Å²) in [5, 5.41) is 11.0. The third-order valence-corrected chi connectivity index (χ3v) is 8.02. The zero-order valence-electron chi connectivity index (χ0n) is 14.2. The second kappa shape index (κ2) is 4.88. The summed E-state index contributed by atoms with van der Waals surface area (Å²) in [6, 6.07) is 0. The summed E-state index contributed by atoms with van der Waals surface area (Å²) in [5.74, 6) is 5.75. The second-order valence-corrected chi connectivity index (χ2v) is 8.81. The van der Waals surface area contributed by atoms with Crippen molar-refractivity contribution in [1.82, 2.24) is 0 Å². The van der Waals surface area contributed by atoms with Crippen LogP contribution in [0.15, 0.2) is 11.1 Å². The van der Waals surface area contributed by atoms with Crippen LogP contribution < -0.4 is 0 Å². The maximum atomic E-state index is 11.0. The molecule has 1 N–H and O–H groups in total. The summed E-state index contributed by atoms with van der Waals surface area (Å²) in [6.45, 7) is 4.76. The van der Waals surface area contributed by atoms with Gasteiger partial charge < -0.3 is 5.11 Å². The lowest BCUT2D eigenvalue weighted by molar-refractivity contribution is -0.0807. The normalized spacial score (nSPS) is 50.8. The molecular weight excluding hydrogens is 268 g/mol. The van der Waals surface area contributed by atoms with Crippen LogP contribution in [0, 0.1) is 41.4 Å². The Kier molecular flexibility index (Phi) is 3.29. The summed E-state index contributed by atoms with van der Waals surface area (Å²) in [7, 11) is 0. The molecule has 1 heteroatoms. The number of rotatable bonds is 0. The van der Waals surface area contributed by atoms with E-state index in [0.717, 1.165) is 37.0 Å². The number of hydrogen-bond acceptors (Lipinski definition) is 1. The lowest BCUT2D eigenvalue weighted by Crippen LogP contribution is -2.52. The van der Waals surface area contributed by atoms with Gasteiger partial charge in [-0.15, -0.1) is 6.42 Å². The molecule has 0 spiro atoms. The second-order valence-electron chi connectivity index (χ2n) is 8.81. The first kappa shape index (κ1) is 14.8. The fraction of sp³-hybridized carbons (Fsp3) is 0.810. The van der Waals surface area contributed by atoms with Crippen molar-refractivity contribution in [2.45, 2.75) is 77.2 Å². The lowest BCUT2D eigenvalue weighted by atomic mass is 9.50. The molecule has 0 saturated heterocycles. The highest BCUT2D eigenvalue weighted by atomic mass is 16.3. The van der Waals surface area contributed by atoms with E-state index in [4.69, 9.17) is 6.42 Å². The maximum absolute atomic E-state index is 11.0. The van der Waals surface area contributed by atoms with Gasteiger partial charge in [0.1, 0.15) is 5.60 Å². The van der Waals surface area contributed by atoms with E-state index >= 15 is 0 Å². The molecule has 22 heavy (non-hydrogen) atoms. The van der Waals surface area contributed by atoms with Crippen LogP contribution in [0.25, 0.3) is 0 Å². The van der Waals surface area contributed by atoms with E-state index in [1.165, 1.54) is 38.5 Å². The lowest BCUT2D eigenvalue weighted by Gasteiger charge is -2.55. The Morgan fingerprint density at radius 3 is 2.73 bits per heavy atom. The summed E-state index contributed by atoms with van der Waals surface area (Å²) in [5.41, 5.74) is 2.74. The number of aliphatic hydroxyl groups is 1. The van der Waals surface area contributed by atoms with Crippen molar-refractivity contribution in [1.29, 1.82) is 0 Å². The minimum absolute atomic E-state index is 0.0517. The monoisotopic (exact) mass is 298 g/mol. The molecule has 4 aliphatic carbocycles. The third kappa shape index (κ3) is 1.77. The standard InChI is InChI=1S/C21H30O/c1-4-21(22)12-10-18-19-14(2)13-15-7-5-6-8-16(15)17(19)9-11-20(18,21)3/h1,14,17-19,22H,5-13H2,2-3H3/t14-,17-,18+,19-,20+,21-/m1/s1. The van der Waals surface area contributed by atoms with Crippen molar-refractivity contribution >= 4 is 0 Å². The first-order chi connectivity index (χ1) is 10.5. The smallest absolute Gasteiger partial charge is 0.130 e. The first-order valence-electron chi connectivity index (χ1n) is 9.41. The van der Waals surface area contributed by atoms with Gasteiger partial charge in [-0.05, 0) is 81.5 Å². The van der Waals surface area contributed by atoms with Crippen LogP contribution in [0.3, 0.4) is 0 Å². The van der Waals surface area contributed by atoms with Crippen LogP contribution in [0.4, 0.5) is 0 Å². The van der Waals surface area contributed by atoms with Gasteiger partial charge in [-0.2, -0.15) is 0 Å². The average Bonchev–Trinajstić information content (AvgIpc) is 2.80. The van der Waals surface area contributed by atoms with Gasteiger partial charge in [0, 0.05) is 5.41 Å². The van der Waals surface area contributed by atoms with E-state index in [9.17, 15) is 5.11 Å². The quantitative estimate of drug-likeness (QED) is 0.507. The van der Waals surface area contributed by atoms with Gasteiger partial charge in [-0.3, -0.25) is 0 Å². The Labute approximate surface area is 135 Å². The fourth-order valence-corrected chi connectivity index (χ4v) is 6.85. The molecule has 0 heterocycles. The molecule has 6 atom stereocenters. The molecule has 2 fully saturated rings. The zero-order chi connectivity index (χ0) is 15.5. The number of terminal acetylenes is 1. The van der Waals surface area contributed by atoms with Crippen LogP contribution >= 0.6 is 0 Å². The van der Waals surface area contributed by atoms with E-state index in [-0.39, 0.29) is 5.41 Å². The van der Waals surface area contributed by atoms with Gasteiger partial charge in [0.2, 0.25) is 0 Å². The summed E-state index contributed by atoms with van der Waals surface area (Å²) in [6.07, 6.45) is 16.9. The highest BCUT2D eigenvalue weighted by Crippen LogP contribution is 2.65. The number of allylic oxidation sites excluding steroid dienone is 2. The summed E-state index contributed by atoms with van der Waals surface area (Å²) in [4.78, 5) is 0. The Hall–Kier alpha value is -0.740. The van der Waals surface area contributed by atoms with Crippen molar-refractivity contribution < 1.29 is 5.11 Å². The Bertz CT molecular complexity index is 553. The summed E-state index contributed by atoms with van der Waals surface area (Å²) >= 11 is 0. The first-order valence-corrected chi connectivity index (χ1v) is 9.41. The molecule has 0 aliphatic heterocycles. The van der Waals surface area contributed by atoms with E-state index < -0.39 is 5.60 Å². The predicted molar refractivity (Wildman–Crippen MR) is 90.1 cm³/mol. The van der Waals surface area contributed by atoms with E-state index in [0.29, 0.717) is 5.92 Å². The Morgan fingerprint density at radius 2 is 1.95 bits per heavy atom. The SMILES string of the molecule is C#C[C@@]1(O)CC[C@H]2[C@@H]3[C@H](C)CC4=C(CCCC4)[C@H]3CC[C@@]21C. The van der Waals surface area contributed by atoms with Crippen molar-refractivity contribution in [3.05, 3.63) is 11.1 Å². The molecule has 0 unspecified atom stereocenters. The minimum atomic E-state index is -0.858. The van der Waals surface area contributed by atoms with Crippen LogP contribution in [0.1, 0.15) is 71.6 Å². The molecule has 0 amide bonds. The highest BCUT2D eigenvalue weighted by molar-refractivity contribution is 5.30. The molecule has 4 aliphatic rings. The molecule has 0 aromatic heterocycles. The molecule has 120 valence electrons. The van der Waals surface area contributed by atoms with Gasteiger partial charge in [0.05, 0.1) is 0 Å². The Morgan fingerprint density at radius 1 is 1.18 bits per heavy atom. The largest absolute Gasteiger partial charge is 0.377 e. The van der Waals surface area contributed by atoms with Crippen LogP contribution in [0.2, 0.25) is 0 Å². The fourth-order valence-electron chi connectivity index (χ4n) is 6.85. The van der Waals surface area contributed by atoms with Crippen molar-refractivity contribution in [3.63, 3.8) is 0 Å². The minimum Gasteiger partial charge on any atom is -0.377 e. The Balaban J connectivity index is 1.72. The van der Waals surface area contributed by atoms with Gasteiger partial charge in [0.15, 0.2) is 0 Å². The number of fused-ring (bicyclic) bond motifs is 4. The molecular formula is C21H30O. The van der Waals surface area contributed by atoms with Crippen molar-refractivity contribution in [2.24, 2.45) is 29.1 Å². The van der Waals surface area contributed by atoms with Crippen molar-refractivity contribution in [2.75, 3.05) is 0 Å². The van der Waals surface area contributed by atoms with Crippen LogP contribution in [-0.4, -0.2) is 10.7 Å². The molecule has 0 bridgehead atoms. The zero-order valence-corrected chi connectivity index (χ0v) is 14.2. The molecule has 4 rings (SSSR count). The number of hydrogen-bond donors (Lipinski definition) is 1. The van der Waals surface area contributed by atoms with Gasteiger partial charge in [-0.25, -0.2) is 0 Å². The van der Waals surface area contributed by atoms with Gasteiger partial charge >= 0.3 is 0 Å². The van der Waals surface area contributed by atoms with Gasteiger partial charge in [-0.1, -0.05) is 30.9 Å². The molecule has 0 radical (unpaired) electrons. The average molecular weight is 298 g/mol. The van der Waals surface area contributed by atoms with E-state index in [1.54, 1.807) is 0 Å². The van der Waals surface area contributed by atoms with E-state index in [2.05, 4.69) is 19.8 Å². The summed E-state index contributed by atoms with van der Waals surface area (Å²) < 4.78 is 0. The predicted octanol–water partition coefficient (Wildman–Crippen LogP) is 4.70. The molecule has 2 saturated carbocycles. The van der Waals surface area contributed by atoms with Gasteiger partial charge in [0.25, 0.3) is 0 Å². The van der Waals surface area contributed by atoms with Crippen LogP contribution in [-0.2, 0) is 0 Å². The molecule has 1 nitrogen and oxygen atoms in total.